The van der Waals surface area contributed by atoms with Gasteiger partial charge < -0.3 is 14.1 Å². The Morgan fingerprint density at radius 3 is 3.05 bits per heavy atom. The highest BCUT2D eigenvalue weighted by atomic mass is 79.9. The molecule has 0 N–H and O–H groups in total. The quantitative estimate of drug-likeness (QED) is 0.863. The first-order valence-electron chi connectivity index (χ1n) is 6.37. The van der Waals surface area contributed by atoms with Crippen LogP contribution in [0.5, 0.6) is 0 Å². The number of furan rings is 1. The molecule has 5 heteroatoms. The molecule has 104 valence electrons. The molecule has 3 rings (SSSR count). The van der Waals surface area contributed by atoms with Crippen molar-refractivity contribution in [1.82, 2.24) is 0 Å². The van der Waals surface area contributed by atoms with E-state index in [4.69, 9.17) is 9.15 Å². The number of fused-ring (bicyclic) bond motifs is 1. The Kier molecular flexibility index (Phi) is 3.63. The van der Waals surface area contributed by atoms with Crippen LogP contribution in [0.25, 0.3) is 0 Å². The number of rotatable bonds is 3. The minimum atomic E-state index is -0.107. The summed E-state index contributed by atoms with van der Waals surface area (Å²) in [6.07, 6.45) is 0.875. The number of hydrogen-bond donors (Lipinski definition) is 0. The van der Waals surface area contributed by atoms with Gasteiger partial charge in [0.25, 0.3) is 5.91 Å². The number of carbonyl (C=O) groups excluding carboxylic acids is 1. The zero-order valence-electron chi connectivity index (χ0n) is 11.1. The second kappa shape index (κ2) is 5.42. The summed E-state index contributed by atoms with van der Waals surface area (Å²) in [7, 11) is 1.60. The van der Waals surface area contributed by atoms with E-state index in [9.17, 15) is 4.79 Å². The third-order valence-electron chi connectivity index (χ3n) is 3.35. The molecule has 0 fully saturated rings. The minimum Gasteiger partial charge on any atom is -0.453 e. The van der Waals surface area contributed by atoms with Crippen LogP contribution < -0.4 is 4.90 Å². The van der Waals surface area contributed by atoms with Crippen LogP contribution in [0.4, 0.5) is 5.69 Å². The van der Waals surface area contributed by atoms with Crippen molar-refractivity contribution in [2.45, 2.75) is 13.0 Å². The molecule has 0 unspecified atom stereocenters. The third-order valence-corrected chi connectivity index (χ3v) is 3.84. The third kappa shape index (κ3) is 2.39. The maximum absolute atomic E-state index is 12.5. The number of methoxy groups -OCH3 is 1. The second-order valence-corrected chi connectivity index (χ2v) is 5.59. The lowest BCUT2D eigenvalue weighted by Gasteiger charge is -2.16. The molecule has 1 aliphatic heterocycles. The Labute approximate surface area is 125 Å². The van der Waals surface area contributed by atoms with Crippen molar-refractivity contribution in [3.63, 3.8) is 0 Å². The summed E-state index contributed by atoms with van der Waals surface area (Å²) >= 11 is 3.44. The molecule has 0 spiro atoms. The summed E-state index contributed by atoms with van der Waals surface area (Å²) in [6, 6.07) is 9.49. The van der Waals surface area contributed by atoms with Crippen molar-refractivity contribution in [3.8, 4) is 0 Å². The molecule has 1 aromatic carbocycles. The van der Waals surface area contributed by atoms with Gasteiger partial charge in [-0.2, -0.15) is 0 Å². The van der Waals surface area contributed by atoms with Crippen molar-refractivity contribution < 1.29 is 13.9 Å². The molecule has 0 bridgehead atoms. The van der Waals surface area contributed by atoms with Crippen LogP contribution in [0.15, 0.2) is 39.2 Å². The van der Waals surface area contributed by atoms with E-state index in [0.717, 1.165) is 16.6 Å². The molecule has 4 nitrogen and oxygen atoms in total. The fourth-order valence-electron chi connectivity index (χ4n) is 2.41. The Morgan fingerprint density at radius 2 is 2.25 bits per heavy atom. The molecule has 1 amide bonds. The molecular formula is C15H14BrNO3. The number of amides is 1. The molecule has 0 saturated carbocycles. The van der Waals surface area contributed by atoms with Gasteiger partial charge in [-0.05, 0) is 36.2 Å². The standard InChI is InChI=1S/C15H14BrNO3/c1-19-9-12-4-5-14(20-12)15(18)17-7-6-10-2-3-11(16)8-13(10)17/h2-5,8H,6-7,9H2,1H3. The van der Waals surface area contributed by atoms with Crippen LogP contribution in [0.1, 0.15) is 21.9 Å². The minimum absolute atomic E-state index is 0.107. The van der Waals surface area contributed by atoms with Gasteiger partial charge in [0, 0.05) is 23.8 Å². The lowest BCUT2D eigenvalue weighted by atomic mass is 10.2. The van der Waals surface area contributed by atoms with Crippen molar-refractivity contribution in [1.29, 1.82) is 0 Å². The predicted octanol–water partition coefficient (Wildman–Crippen LogP) is 3.39. The second-order valence-electron chi connectivity index (χ2n) is 4.68. The predicted molar refractivity (Wildman–Crippen MR) is 78.9 cm³/mol. The van der Waals surface area contributed by atoms with Crippen LogP contribution in [-0.2, 0) is 17.8 Å². The van der Waals surface area contributed by atoms with Crippen LogP contribution in [0.2, 0.25) is 0 Å². The monoisotopic (exact) mass is 335 g/mol. The number of ether oxygens (including phenoxy) is 1. The Hall–Kier alpha value is -1.59. The number of benzene rings is 1. The highest BCUT2D eigenvalue weighted by molar-refractivity contribution is 9.10. The van der Waals surface area contributed by atoms with E-state index < -0.39 is 0 Å². The first kappa shape index (κ1) is 13.4. The molecule has 0 atom stereocenters. The van der Waals surface area contributed by atoms with Crippen LogP contribution in [-0.4, -0.2) is 19.6 Å². The molecule has 0 radical (unpaired) electrons. The van der Waals surface area contributed by atoms with E-state index in [1.54, 1.807) is 24.1 Å². The van der Waals surface area contributed by atoms with E-state index in [0.29, 0.717) is 24.7 Å². The van der Waals surface area contributed by atoms with E-state index in [2.05, 4.69) is 15.9 Å². The summed E-state index contributed by atoms with van der Waals surface area (Å²) in [5, 5.41) is 0. The Morgan fingerprint density at radius 1 is 1.40 bits per heavy atom. The summed E-state index contributed by atoms with van der Waals surface area (Å²) in [5.41, 5.74) is 2.14. The number of halogens is 1. The van der Waals surface area contributed by atoms with Gasteiger partial charge >= 0.3 is 0 Å². The van der Waals surface area contributed by atoms with Gasteiger partial charge in [0.15, 0.2) is 5.76 Å². The van der Waals surface area contributed by atoms with E-state index in [-0.39, 0.29) is 5.91 Å². The molecule has 2 heterocycles. The van der Waals surface area contributed by atoms with Crippen LogP contribution >= 0.6 is 15.9 Å². The maximum Gasteiger partial charge on any atom is 0.293 e. The van der Waals surface area contributed by atoms with E-state index in [1.165, 1.54) is 5.56 Å². The fourth-order valence-corrected chi connectivity index (χ4v) is 2.76. The van der Waals surface area contributed by atoms with Crippen LogP contribution in [0, 0.1) is 0 Å². The Bertz CT molecular complexity index is 650. The van der Waals surface area contributed by atoms with Crippen molar-refractivity contribution in [2.75, 3.05) is 18.6 Å². The molecule has 2 aromatic rings. The van der Waals surface area contributed by atoms with Gasteiger partial charge in [-0.15, -0.1) is 0 Å². The smallest absolute Gasteiger partial charge is 0.293 e. The van der Waals surface area contributed by atoms with Gasteiger partial charge in [-0.25, -0.2) is 0 Å². The summed E-state index contributed by atoms with van der Waals surface area (Å²) in [5.74, 6) is 0.901. The molecule has 1 aromatic heterocycles. The van der Waals surface area contributed by atoms with Crippen molar-refractivity contribution in [2.24, 2.45) is 0 Å². The van der Waals surface area contributed by atoms with E-state index in [1.807, 2.05) is 18.2 Å². The zero-order valence-corrected chi connectivity index (χ0v) is 12.6. The Balaban J connectivity index is 1.87. The first-order chi connectivity index (χ1) is 9.69. The van der Waals surface area contributed by atoms with Gasteiger partial charge in [0.05, 0.1) is 0 Å². The average Bonchev–Trinajstić information content (AvgIpc) is 3.05. The highest BCUT2D eigenvalue weighted by Gasteiger charge is 2.27. The maximum atomic E-state index is 12.5. The molecular weight excluding hydrogens is 322 g/mol. The largest absolute Gasteiger partial charge is 0.453 e. The van der Waals surface area contributed by atoms with Gasteiger partial charge in [-0.1, -0.05) is 22.0 Å². The number of carbonyl (C=O) groups is 1. The lowest BCUT2D eigenvalue weighted by molar-refractivity contribution is 0.0954. The average molecular weight is 336 g/mol. The van der Waals surface area contributed by atoms with Gasteiger partial charge in [0.1, 0.15) is 12.4 Å². The zero-order chi connectivity index (χ0) is 14.1. The van der Waals surface area contributed by atoms with Gasteiger partial charge in [0.2, 0.25) is 0 Å². The number of anilines is 1. The van der Waals surface area contributed by atoms with Crippen molar-refractivity contribution in [3.05, 3.63) is 51.9 Å². The topological polar surface area (TPSA) is 42.7 Å². The number of nitrogens with zero attached hydrogens (tertiary/aromatic N) is 1. The normalized spacial score (nSPS) is 13.6. The summed E-state index contributed by atoms with van der Waals surface area (Å²) in [4.78, 5) is 14.3. The van der Waals surface area contributed by atoms with Crippen LogP contribution in [0.3, 0.4) is 0 Å². The van der Waals surface area contributed by atoms with Gasteiger partial charge in [-0.3, -0.25) is 4.79 Å². The fraction of sp³-hybridized carbons (Fsp3) is 0.267. The van der Waals surface area contributed by atoms with Crippen molar-refractivity contribution >= 4 is 27.5 Å². The number of hydrogen-bond acceptors (Lipinski definition) is 3. The molecule has 0 aliphatic carbocycles. The first-order valence-corrected chi connectivity index (χ1v) is 7.16. The summed E-state index contributed by atoms with van der Waals surface area (Å²) in [6.45, 7) is 1.06. The molecule has 20 heavy (non-hydrogen) atoms. The molecule has 1 aliphatic rings. The van der Waals surface area contributed by atoms with E-state index >= 15 is 0 Å². The highest BCUT2D eigenvalue weighted by Crippen LogP contribution is 2.32. The molecule has 0 saturated heterocycles. The lowest BCUT2D eigenvalue weighted by Crippen LogP contribution is -2.28. The summed E-state index contributed by atoms with van der Waals surface area (Å²) < 4.78 is 11.5. The SMILES string of the molecule is COCc1ccc(C(=O)N2CCc3ccc(Br)cc32)o1.